The molecule has 148 valence electrons. The molecule has 0 aromatic heterocycles. The molecular formula is C19H17F3N2O4. The second-order valence-electron chi connectivity index (χ2n) is 6.08. The minimum Gasteiger partial charge on any atom is -0.454 e. The highest BCUT2D eigenvalue weighted by molar-refractivity contribution is 5.95. The van der Waals surface area contributed by atoms with E-state index in [2.05, 4.69) is 5.32 Å². The molecule has 0 bridgehead atoms. The first-order valence-corrected chi connectivity index (χ1v) is 8.39. The Morgan fingerprint density at radius 2 is 1.75 bits per heavy atom. The van der Waals surface area contributed by atoms with Gasteiger partial charge in [-0.1, -0.05) is 0 Å². The van der Waals surface area contributed by atoms with Gasteiger partial charge in [0, 0.05) is 37.3 Å². The minimum absolute atomic E-state index is 0.0249. The topological polar surface area (TPSA) is 67.9 Å². The predicted molar refractivity (Wildman–Crippen MR) is 95.3 cm³/mol. The number of carbonyl (C=O) groups is 2. The van der Waals surface area contributed by atoms with Gasteiger partial charge in [0.2, 0.25) is 18.6 Å². The van der Waals surface area contributed by atoms with Crippen molar-refractivity contribution in [3.63, 3.8) is 0 Å². The van der Waals surface area contributed by atoms with Crippen LogP contribution in [0.15, 0.2) is 42.5 Å². The number of nitrogens with one attached hydrogen (secondary N) is 1. The van der Waals surface area contributed by atoms with Crippen molar-refractivity contribution in [1.82, 2.24) is 0 Å². The lowest BCUT2D eigenvalue weighted by Gasteiger charge is -2.21. The Bertz CT molecular complexity index is 882. The molecule has 6 nitrogen and oxygen atoms in total. The Balaban J connectivity index is 1.61. The summed E-state index contributed by atoms with van der Waals surface area (Å²) in [5.41, 5.74) is -0.00478. The van der Waals surface area contributed by atoms with E-state index in [-0.39, 0.29) is 37.3 Å². The van der Waals surface area contributed by atoms with Crippen LogP contribution in [0.1, 0.15) is 18.9 Å². The van der Waals surface area contributed by atoms with Crippen molar-refractivity contribution in [2.45, 2.75) is 19.5 Å². The van der Waals surface area contributed by atoms with Crippen LogP contribution in [0, 0.1) is 0 Å². The van der Waals surface area contributed by atoms with E-state index < -0.39 is 11.7 Å². The van der Waals surface area contributed by atoms with Crippen LogP contribution in [0.25, 0.3) is 0 Å². The number of carbonyl (C=O) groups excluding carboxylic acids is 2. The number of benzene rings is 2. The van der Waals surface area contributed by atoms with Gasteiger partial charge in [-0.15, -0.1) is 0 Å². The van der Waals surface area contributed by atoms with E-state index >= 15 is 0 Å². The van der Waals surface area contributed by atoms with Gasteiger partial charge in [0.25, 0.3) is 0 Å². The Hall–Kier alpha value is -3.23. The number of alkyl halides is 3. The lowest BCUT2D eigenvalue weighted by Crippen LogP contribution is -2.32. The molecule has 0 radical (unpaired) electrons. The number of ether oxygens (including phenoxy) is 2. The molecule has 0 aliphatic carbocycles. The summed E-state index contributed by atoms with van der Waals surface area (Å²) >= 11 is 0. The third-order valence-electron chi connectivity index (χ3n) is 4.11. The molecular weight excluding hydrogens is 377 g/mol. The average molecular weight is 394 g/mol. The molecule has 0 saturated heterocycles. The molecule has 1 aliphatic rings. The summed E-state index contributed by atoms with van der Waals surface area (Å²) in [7, 11) is 0. The molecule has 2 aromatic rings. The number of hydrogen-bond donors (Lipinski definition) is 1. The van der Waals surface area contributed by atoms with E-state index in [1.54, 1.807) is 18.2 Å². The molecule has 3 rings (SSSR count). The summed E-state index contributed by atoms with van der Waals surface area (Å²) in [6.07, 6.45) is -4.49. The maximum atomic E-state index is 12.7. The van der Waals surface area contributed by atoms with Crippen LogP contribution in [0.4, 0.5) is 24.5 Å². The molecule has 2 aromatic carbocycles. The molecule has 0 atom stereocenters. The lowest BCUT2D eigenvalue weighted by molar-refractivity contribution is -0.137. The number of anilines is 2. The molecule has 28 heavy (non-hydrogen) atoms. The van der Waals surface area contributed by atoms with E-state index in [9.17, 15) is 22.8 Å². The summed E-state index contributed by atoms with van der Waals surface area (Å²) < 4.78 is 48.4. The number of amides is 2. The van der Waals surface area contributed by atoms with Gasteiger partial charge in [-0.05, 0) is 36.4 Å². The molecule has 0 fully saturated rings. The first-order valence-electron chi connectivity index (χ1n) is 8.39. The average Bonchev–Trinajstić information content (AvgIpc) is 3.09. The largest absolute Gasteiger partial charge is 0.454 e. The monoisotopic (exact) mass is 394 g/mol. The fourth-order valence-corrected chi connectivity index (χ4v) is 2.71. The molecule has 9 heteroatoms. The van der Waals surface area contributed by atoms with Gasteiger partial charge in [-0.25, -0.2) is 0 Å². The second-order valence-corrected chi connectivity index (χ2v) is 6.08. The predicted octanol–water partition coefficient (Wildman–Crippen LogP) is 3.82. The third kappa shape index (κ3) is 4.54. The first kappa shape index (κ1) is 19.5. The van der Waals surface area contributed by atoms with E-state index in [0.29, 0.717) is 17.2 Å². The zero-order chi connectivity index (χ0) is 20.3. The van der Waals surface area contributed by atoms with Crippen LogP contribution in [0.3, 0.4) is 0 Å². The Labute approximate surface area is 158 Å². The van der Waals surface area contributed by atoms with Crippen LogP contribution < -0.4 is 19.7 Å². The summed E-state index contributed by atoms with van der Waals surface area (Å²) in [5, 5.41) is 2.69. The van der Waals surface area contributed by atoms with Crippen molar-refractivity contribution >= 4 is 23.2 Å². The zero-order valence-corrected chi connectivity index (χ0v) is 14.9. The highest BCUT2D eigenvalue weighted by Gasteiger charge is 2.30. The summed E-state index contributed by atoms with van der Waals surface area (Å²) in [4.78, 5) is 25.3. The number of hydrogen-bond acceptors (Lipinski definition) is 4. The van der Waals surface area contributed by atoms with Crippen LogP contribution in [-0.2, 0) is 15.8 Å². The molecule has 0 saturated carbocycles. The van der Waals surface area contributed by atoms with Gasteiger partial charge in [0.15, 0.2) is 11.5 Å². The highest BCUT2D eigenvalue weighted by atomic mass is 19.4. The maximum absolute atomic E-state index is 12.7. The molecule has 1 aliphatic heterocycles. The van der Waals surface area contributed by atoms with E-state index in [4.69, 9.17) is 9.47 Å². The zero-order valence-electron chi connectivity index (χ0n) is 14.9. The van der Waals surface area contributed by atoms with Crippen molar-refractivity contribution in [3.05, 3.63) is 48.0 Å². The van der Waals surface area contributed by atoms with Gasteiger partial charge >= 0.3 is 6.18 Å². The van der Waals surface area contributed by atoms with Gasteiger partial charge in [-0.3, -0.25) is 9.59 Å². The Kier molecular flexibility index (Phi) is 5.43. The van der Waals surface area contributed by atoms with Gasteiger partial charge < -0.3 is 19.7 Å². The number of fused-ring (bicyclic) bond motifs is 1. The molecule has 0 spiro atoms. The Morgan fingerprint density at radius 3 is 2.39 bits per heavy atom. The lowest BCUT2D eigenvalue weighted by atomic mass is 10.2. The summed E-state index contributed by atoms with van der Waals surface area (Å²) in [6, 6.07) is 9.17. The van der Waals surface area contributed by atoms with E-state index in [1.807, 2.05) is 0 Å². The molecule has 1 heterocycles. The number of nitrogens with zero attached hydrogens (tertiary/aromatic N) is 1. The summed E-state index contributed by atoms with van der Waals surface area (Å²) in [5.74, 6) is 0.378. The summed E-state index contributed by atoms with van der Waals surface area (Å²) in [6.45, 7) is 1.43. The quantitative estimate of drug-likeness (QED) is 0.837. The smallest absolute Gasteiger partial charge is 0.416 e. The van der Waals surface area contributed by atoms with Crippen LogP contribution >= 0.6 is 0 Å². The normalized spacial score (nSPS) is 12.6. The van der Waals surface area contributed by atoms with Crippen molar-refractivity contribution in [2.75, 3.05) is 23.6 Å². The third-order valence-corrected chi connectivity index (χ3v) is 4.11. The highest BCUT2D eigenvalue weighted by Crippen LogP contribution is 2.34. The van der Waals surface area contributed by atoms with Crippen molar-refractivity contribution < 1.29 is 32.2 Å². The fraction of sp³-hybridized carbons (Fsp3) is 0.263. The van der Waals surface area contributed by atoms with Crippen LogP contribution in [-0.4, -0.2) is 25.2 Å². The standard InChI is InChI=1S/C19H17F3N2O4/c1-12(25)24(15-5-2-13(3-6-15)19(20,21)22)9-8-18(26)23-14-4-7-16-17(10-14)28-11-27-16/h2-7,10H,8-9,11H2,1H3,(H,23,26). The molecule has 0 unspecified atom stereocenters. The SMILES string of the molecule is CC(=O)N(CCC(=O)Nc1ccc2c(c1)OCO2)c1ccc(C(F)(F)F)cc1. The molecule has 2 amide bonds. The number of rotatable bonds is 5. The second kappa shape index (κ2) is 7.79. The van der Waals surface area contributed by atoms with Crippen molar-refractivity contribution in [1.29, 1.82) is 0 Å². The fourth-order valence-electron chi connectivity index (χ4n) is 2.71. The van der Waals surface area contributed by atoms with Gasteiger partial charge in [0.05, 0.1) is 5.56 Å². The van der Waals surface area contributed by atoms with Crippen molar-refractivity contribution in [2.24, 2.45) is 0 Å². The first-order chi connectivity index (χ1) is 13.2. The van der Waals surface area contributed by atoms with E-state index in [1.165, 1.54) is 24.0 Å². The Morgan fingerprint density at radius 1 is 1.07 bits per heavy atom. The van der Waals surface area contributed by atoms with Crippen LogP contribution in [0.5, 0.6) is 11.5 Å². The minimum atomic E-state index is -4.45. The van der Waals surface area contributed by atoms with Gasteiger partial charge in [0.1, 0.15) is 0 Å². The van der Waals surface area contributed by atoms with E-state index in [0.717, 1.165) is 12.1 Å². The number of halogens is 3. The van der Waals surface area contributed by atoms with Gasteiger partial charge in [-0.2, -0.15) is 13.2 Å². The maximum Gasteiger partial charge on any atom is 0.416 e. The van der Waals surface area contributed by atoms with Crippen molar-refractivity contribution in [3.8, 4) is 11.5 Å². The van der Waals surface area contributed by atoms with Crippen LogP contribution in [0.2, 0.25) is 0 Å². The molecule has 1 N–H and O–H groups in total.